The molecule has 0 unspecified atom stereocenters. The van der Waals surface area contributed by atoms with E-state index in [0.717, 1.165) is 0 Å². The van der Waals surface area contributed by atoms with Crippen LogP contribution in [0.1, 0.15) is 13.8 Å². The number of carboxylic acid groups (broad SMARTS) is 1. The first-order valence-corrected chi connectivity index (χ1v) is 4.71. The van der Waals surface area contributed by atoms with Crippen LogP contribution in [0.5, 0.6) is 0 Å². The summed E-state index contributed by atoms with van der Waals surface area (Å²) < 4.78 is 9.16. The number of ether oxygens (including phenoxy) is 2. The van der Waals surface area contributed by atoms with Crippen molar-refractivity contribution in [3.63, 3.8) is 0 Å². The Kier molecular flexibility index (Phi) is 5.84. The maximum absolute atomic E-state index is 11.4. The number of aliphatic carboxylic acids is 1. The number of carboxylic acids is 1. The van der Waals surface area contributed by atoms with Crippen molar-refractivity contribution >= 4 is 17.9 Å². The number of hydrogen-bond acceptors (Lipinski definition) is 5. The molecule has 0 rings (SSSR count). The van der Waals surface area contributed by atoms with Crippen molar-refractivity contribution in [3.8, 4) is 0 Å². The molecule has 6 nitrogen and oxygen atoms in total. The van der Waals surface area contributed by atoms with E-state index in [-0.39, 0.29) is 13.2 Å². The zero-order chi connectivity index (χ0) is 12.7. The van der Waals surface area contributed by atoms with E-state index >= 15 is 0 Å². The second-order valence-electron chi connectivity index (χ2n) is 2.77. The number of rotatable bonds is 6. The Morgan fingerprint density at radius 3 is 1.75 bits per heavy atom. The third-order valence-electron chi connectivity index (χ3n) is 1.67. The van der Waals surface area contributed by atoms with Crippen LogP contribution in [0.2, 0.25) is 0 Å². The van der Waals surface area contributed by atoms with Gasteiger partial charge in [0.15, 0.2) is 5.92 Å². The monoisotopic (exact) mass is 230 g/mol. The van der Waals surface area contributed by atoms with Gasteiger partial charge in [-0.15, -0.1) is 0 Å². The summed E-state index contributed by atoms with van der Waals surface area (Å²) in [6, 6.07) is 0. The van der Waals surface area contributed by atoms with Crippen molar-refractivity contribution in [2.75, 3.05) is 13.2 Å². The standard InChI is InChI=1S/C10H14O6/c1-4-15-9(13)7(6(3)8(11)12)10(14)16-5-2/h7H,3-5H2,1-2H3,(H,11,12). The van der Waals surface area contributed by atoms with Crippen molar-refractivity contribution in [1.29, 1.82) is 0 Å². The van der Waals surface area contributed by atoms with Crippen molar-refractivity contribution in [2.45, 2.75) is 13.8 Å². The van der Waals surface area contributed by atoms with Crippen molar-refractivity contribution in [3.05, 3.63) is 12.2 Å². The highest BCUT2D eigenvalue weighted by Crippen LogP contribution is 2.14. The third kappa shape index (κ3) is 3.72. The summed E-state index contributed by atoms with van der Waals surface area (Å²) in [4.78, 5) is 33.4. The number of carbonyl (C=O) groups excluding carboxylic acids is 2. The molecule has 0 saturated carbocycles. The molecule has 0 fully saturated rings. The summed E-state index contributed by atoms with van der Waals surface area (Å²) in [6.45, 7) is 6.34. The van der Waals surface area contributed by atoms with Gasteiger partial charge in [0.25, 0.3) is 0 Å². The fraction of sp³-hybridized carbons (Fsp3) is 0.500. The van der Waals surface area contributed by atoms with Crippen molar-refractivity contribution in [1.82, 2.24) is 0 Å². The topological polar surface area (TPSA) is 89.9 Å². The molecule has 90 valence electrons. The van der Waals surface area contributed by atoms with Gasteiger partial charge in [0.2, 0.25) is 0 Å². The molecule has 1 N–H and O–H groups in total. The zero-order valence-electron chi connectivity index (χ0n) is 9.19. The molecule has 16 heavy (non-hydrogen) atoms. The second-order valence-corrected chi connectivity index (χ2v) is 2.77. The Morgan fingerprint density at radius 2 is 1.50 bits per heavy atom. The van der Waals surface area contributed by atoms with Gasteiger partial charge in [0, 0.05) is 0 Å². The summed E-state index contributed by atoms with van der Waals surface area (Å²) in [6.07, 6.45) is 0. The molecular formula is C10H14O6. The zero-order valence-corrected chi connectivity index (χ0v) is 9.19. The first-order chi connectivity index (χ1) is 7.45. The van der Waals surface area contributed by atoms with E-state index in [9.17, 15) is 14.4 Å². The van der Waals surface area contributed by atoms with Gasteiger partial charge in [-0.05, 0) is 13.8 Å². The smallest absolute Gasteiger partial charge is 0.332 e. The van der Waals surface area contributed by atoms with Crippen molar-refractivity contribution in [2.24, 2.45) is 5.92 Å². The summed E-state index contributed by atoms with van der Waals surface area (Å²) in [7, 11) is 0. The van der Waals surface area contributed by atoms with E-state index in [4.69, 9.17) is 5.11 Å². The molecule has 0 amide bonds. The van der Waals surface area contributed by atoms with Gasteiger partial charge in [0.1, 0.15) is 0 Å². The number of hydrogen-bond donors (Lipinski definition) is 1. The van der Waals surface area contributed by atoms with E-state index in [2.05, 4.69) is 16.1 Å². The predicted octanol–water partition coefficient (Wildman–Crippen LogP) is 0.370. The van der Waals surface area contributed by atoms with Crippen molar-refractivity contribution < 1.29 is 29.0 Å². The lowest BCUT2D eigenvalue weighted by Gasteiger charge is -2.13. The molecule has 0 aromatic rings. The Labute approximate surface area is 92.8 Å². The van der Waals surface area contributed by atoms with E-state index in [1.54, 1.807) is 13.8 Å². The average molecular weight is 230 g/mol. The van der Waals surface area contributed by atoms with Gasteiger partial charge in [0.05, 0.1) is 18.8 Å². The van der Waals surface area contributed by atoms with Gasteiger partial charge in [-0.3, -0.25) is 9.59 Å². The van der Waals surface area contributed by atoms with E-state index in [1.807, 2.05) is 0 Å². The van der Waals surface area contributed by atoms with Crippen LogP contribution in [0.3, 0.4) is 0 Å². The van der Waals surface area contributed by atoms with Gasteiger partial charge in [-0.1, -0.05) is 6.58 Å². The maximum atomic E-state index is 11.4. The summed E-state index contributed by atoms with van der Waals surface area (Å²) in [5, 5.41) is 8.67. The van der Waals surface area contributed by atoms with Crippen LogP contribution in [0, 0.1) is 5.92 Å². The first kappa shape index (κ1) is 14.2. The van der Waals surface area contributed by atoms with Crippen LogP contribution in [0.25, 0.3) is 0 Å². The fourth-order valence-corrected chi connectivity index (χ4v) is 0.955. The van der Waals surface area contributed by atoms with Gasteiger partial charge < -0.3 is 14.6 Å². The van der Waals surface area contributed by atoms with Crippen LogP contribution in [-0.2, 0) is 23.9 Å². The minimum atomic E-state index is -1.60. The number of esters is 2. The lowest BCUT2D eigenvalue weighted by Crippen LogP contribution is -2.32. The molecule has 0 aromatic carbocycles. The van der Waals surface area contributed by atoms with Gasteiger partial charge in [-0.25, -0.2) is 4.79 Å². The Balaban J connectivity index is 4.89. The highest BCUT2D eigenvalue weighted by molar-refractivity contribution is 6.06. The van der Waals surface area contributed by atoms with E-state index in [1.165, 1.54) is 0 Å². The second kappa shape index (κ2) is 6.60. The average Bonchev–Trinajstić information content (AvgIpc) is 2.18. The lowest BCUT2D eigenvalue weighted by molar-refractivity contribution is -0.161. The van der Waals surface area contributed by atoms with Crippen LogP contribution < -0.4 is 0 Å². The molecular weight excluding hydrogens is 216 g/mol. The molecule has 0 aliphatic carbocycles. The summed E-state index contributed by atoms with van der Waals surface area (Å²) in [5.41, 5.74) is -0.558. The minimum Gasteiger partial charge on any atom is -0.478 e. The lowest BCUT2D eigenvalue weighted by atomic mass is 10.0. The first-order valence-electron chi connectivity index (χ1n) is 4.71. The highest BCUT2D eigenvalue weighted by Gasteiger charge is 2.35. The van der Waals surface area contributed by atoms with E-state index in [0.29, 0.717) is 0 Å². The molecule has 0 radical (unpaired) electrons. The Hall–Kier alpha value is -1.85. The maximum Gasteiger partial charge on any atom is 0.332 e. The van der Waals surface area contributed by atoms with Crippen LogP contribution in [-0.4, -0.2) is 36.2 Å². The molecule has 0 aliphatic heterocycles. The summed E-state index contributed by atoms with van der Waals surface area (Å²) >= 11 is 0. The fourth-order valence-electron chi connectivity index (χ4n) is 0.955. The largest absolute Gasteiger partial charge is 0.478 e. The van der Waals surface area contributed by atoms with Gasteiger partial charge >= 0.3 is 17.9 Å². The van der Waals surface area contributed by atoms with Crippen LogP contribution >= 0.6 is 0 Å². The molecule has 0 aliphatic rings. The molecule has 0 saturated heterocycles. The van der Waals surface area contributed by atoms with Gasteiger partial charge in [-0.2, -0.15) is 0 Å². The molecule has 0 bridgehead atoms. The predicted molar refractivity (Wildman–Crippen MR) is 53.5 cm³/mol. The van der Waals surface area contributed by atoms with Crippen LogP contribution in [0.15, 0.2) is 12.2 Å². The Morgan fingerprint density at radius 1 is 1.12 bits per heavy atom. The quantitative estimate of drug-likeness (QED) is 0.403. The molecule has 0 aromatic heterocycles. The SMILES string of the molecule is C=C(C(=O)O)C(C(=O)OCC)C(=O)OCC. The third-order valence-corrected chi connectivity index (χ3v) is 1.67. The highest BCUT2D eigenvalue weighted by atomic mass is 16.6. The summed E-state index contributed by atoms with van der Waals surface area (Å²) in [5.74, 6) is -4.97. The molecule has 6 heteroatoms. The molecule has 0 spiro atoms. The normalized spacial score (nSPS) is 9.69. The van der Waals surface area contributed by atoms with E-state index < -0.39 is 29.4 Å². The Bertz CT molecular complexity index is 288. The minimum absolute atomic E-state index is 0.0433. The molecule has 0 atom stereocenters. The number of carbonyl (C=O) groups is 3. The molecule has 0 heterocycles. The van der Waals surface area contributed by atoms with Crippen LogP contribution in [0.4, 0.5) is 0 Å².